The molecule has 0 saturated carbocycles. The van der Waals surface area contributed by atoms with Crippen LogP contribution in [0.2, 0.25) is 0 Å². The number of rotatable bonds is 4. The molecule has 0 amide bonds. The van der Waals surface area contributed by atoms with Crippen LogP contribution in [-0.4, -0.2) is 35.9 Å². The van der Waals surface area contributed by atoms with E-state index in [0.717, 1.165) is 13.0 Å². The summed E-state index contributed by atoms with van der Waals surface area (Å²) in [6.45, 7) is 11.9. The topological polar surface area (TPSA) is 44.3 Å². The van der Waals surface area contributed by atoms with Gasteiger partial charge in [-0.15, -0.1) is 0 Å². The molecule has 3 N–H and O–H groups in total. The molecule has 0 aromatic carbocycles. The van der Waals surface area contributed by atoms with Gasteiger partial charge in [0.05, 0.1) is 6.10 Å². The average Bonchev–Trinajstić information content (AvgIpc) is 2.29. The minimum absolute atomic E-state index is 0.175. The smallest absolute Gasteiger partial charge is 0.0566 e. The fourth-order valence-electron chi connectivity index (χ4n) is 2.46. The fourth-order valence-corrected chi connectivity index (χ4v) is 2.46. The quantitative estimate of drug-likeness (QED) is 0.681. The SMILES string of the molecule is CCC(O)C(C)C(C)C1CNC(C)C(C)N1. The van der Waals surface area contributed by atoms with E-state index in [4.69, 9.17) is 0 Å². The van der Waals surface area contributed by atoms with E-state index >= 15 is 0 Å². The summed E-state index contributed by atoms with van der Waals surface area (Å²) in [6.07, 6.45) is 0.670. The minimum atomic E-state index is -0.175. The summed E-state index contributed by atoms with van der Waals surface area (Å²) in [5.41, 5.74) is 0. The lowest BCUT2D eigenvalue weighted by molar-refractivity contribution is 0.0640. The van der Waals surface area contributed by atoms with Gasteiger partial charge in [-0.3, -0.25) is 0 Å². The van der Waals surface area contributed by atoms with Crippen molar-refractivity contribution in [1.29, 1.82) is 0 Å². The Bertz CT molecular complexity index is 210. The molecule has 0 bridgehead atoms. The second-order valence-corrected chi connectivity index (χ2v) is 5.45. The zero-order valence-corrected chi connectivity index (χ0v) is 11.3. The Kier molecular flexibility index (Phi) is 5.22. The number of hydrogen-bond donors (Lipinski definition) is 3. The molecule has 0 aromatic heterocycles. The van der Waals surface area contributed by atoms with Crippen molar-refractivity contribution >= 4 is 0 Å². The van der Waals surface area contributed by atoms with Gasteiger partial charge >= 0.3 is 0 Å². The van der Waals surface area contributed by atoms with Gasteiger partial charge in [0.1, 0.15) is 0 Å². The minimum Gasteiger partial charge on any atom is -0.393 e. The van der Waals surface area contributed by atoms with Crippen molar-refractivity contribution in [3.8, 4) is 0 Å². The van der Waals surface area contributed by atoms with Gasteiger partial charge in [-0.25, -0.2) is 0 Å². The lowest BCUT2D eigenvalue weighted by atomic mass is 9.82. The van der Waals surface area contributed by atoms with Gasteiger partial charge in [0, 0.05) is 24.7 Å². The maximum Gasteiger partial charge on any atom is 0.0566 e. The first-order chi connectivity index (χ1) is 7.47. The zero-order chi connectivity index (χ0) is 12.3. The lowest BCUT2D eigenvalue weighted by Gasteiger charge is -2.40. The summed E-state index contributed by atoms with van der Waals surface area (Å²) >= 11 is 0. The molecule has 0 radical (unpaired) electrons. The molecule has 1 aliphatic rings. The highest BCUT2D eigenvalue weighted by Crippen LogP contribution is 2.22. The van der Waals surface area contributed by atoms with Gasteiger partial charge in [0.25, 0.3) is 0 Å². The van der Waals surface area contributed by atoms with Crippen LogP contribution < -0.4 is 10.6 Å². The summed E-state index contributed by atoms with van der Waals surface area (Å²) in [5, 5.41) is 17.1. The first-order valence-electron chi connectivity index (χ1n) is 6.64. The highest BCUT2D eigenvalue weighted by atomic mass is 16.3. The Balaban J connectivity index is 2.51. The first kappa shape index (κ1) is 13.9. The summed E-state index contributed by atoms with van der Waals surface area (Å²) < 4.78 is 0. The molecule has 0 spiro atoms. The highest BCUT2D eigenvalue weighted by Gasteiger charge is 2.31. The second kappa shape index (κ2) is 5.99. The Hall–Kier alpha value is -0.120. The van der Waals surface area contributed by atoms with Crippen LogP contribution in [0.25, 0.3) is 0 Å². The van der Waals surface area contributed by atoms with Crippen LogP contribution in [0, 0.1) is 11.8 Å². The molecule has 0 aromatic rings. The van der Waals surface area contributed by atoms with Crippen LogP contribution in [0.4, 0.5) is 0 Å². The van der Waals surface area contributed by atoms with E-state index < -0.39 is 0 Å². The van der Waals surface area contributed by atoms with E-state index in [-0.39, 0.29) is 6.10 Å². The van der Waals surface area contributed by atoms with Gasteiger partial charge in [-0.05, 0) is 32.1 Å². The second-order valence-electron chi connectivity index (χ2n) is 5.45. The fraction of sp³-hybridized carbons (Fsp3) is 1.00. The van der Waals surface area contributed by atoms with Crippen molar-refractivity contribution in [2.45, 2.75) is 65.3 Å². The normalized spacial score (nSPS) is 36.8. The van der Waals surface area contributed by atoms with Gasteiger partial charge in [-0.2, -0.15) is 0 Å². The predicted octanol–water partition coefficient (Wildman–Crippen LogP) is 1.37. The van der Waals surface area contributed by atoms with Crippen LogP contribution in [-0.2, 0) is 0 Å². The summed E-state index contributed by atoms with van der Waals surface area (Å²) in [4.78, 5) is 0. The first-order valence-corrected chi connectivity index (χ1v) is 6.64. The largest absolute Gasteiger partial charge is 0.393 e. The van der Waals surface area contributed by atoms with Crippen LogP contribution in [0.1, 0.15) is 41.0 Å². The van der Waals surface area contributed by atoms with E-state index in [2.05, 4.69) is 38.3 Å². The molecule has 96 valence electrons. The third-order valence-electron chi connectivity index (χ3n) is 4.38. The standard InChI is InChI=1S/C13H28N2O/c1-6-13(16)9(3)8(2)12-7-14-10(4)11(5)15-12/h8-16H,6-7H2,1-5H3. The highest BCUT2D eigenvalue weighted by molar-refractivity contribution is 4.91. The van der Waals surface area contributed by atoms with Gasteiger partial charge < -0.3 is 15.7 Å². The number of hydrogen-bond acceptors (Lipinski definition) is 3. The molecule has 16 heavy (non-hydrogen) atoms. The molecular weight excluding hydrogens is 200 g/mol. The van der Waals surface area contributed by atoms with Crippen LogP contribution >= 0.6 is 0 Å². The van der Waals surface area contributed by atoms with Gasteiger partial charge in [0.2, 0.25) is 0 Å². The average molecular weight is 228 g/mol. The predicted molar refractivity (Wildman–Crippen MR) is 68.5 cm³/mol. The number of aliphatic hydroxyl groups is 1. The maximum absolute atomic E-state index is 9.90. The summed E-state index contributed by atoms with van der Waals surface area (Å²) in [7, 11) is 0. The molecular formula is C13H28N2O. The maximum atomic E-state index is 9.90. The molecule has 3 heteroatoms. The zero-order valence-electron chi connectivity index (χ0n) is 11.3. The Morgan fingerprint density at radius 2 is 1.88 bits per heavy atom. The monoisotopic (exact) mass is 228 g/mol. The summed E-state index contributed by atoms with van der Waals surface area (Å²) in [6, 6.07) is 1.52. The van der Waals surface area contributed by atoms with E-state index in [1.807, 2.05) is 6.92 Å². The van der Waals surface area contributed by atoms with Crippen LogP contribution in [0.3, 0.4) is 0 Å². The van der Waals surface area contributed by atoms with Crippen molar-refractivity contribution in [1.82, 2.24) is 10.6 Å². The number of aliphatic hydroxyl groups excluding tert-OH is 1. The van der Waals surface area contributed by atoms with Crippen molar-refractivity contribution < 1.29 is 5.11 Å². The van der Waals surface area contributed by atoms with Gasteiger partial charge in [0.15, 0.2) is 0 Å². The van der Waals surface area contributed by atoms with Crippen LogP contribution in [0.15, 0.2) is 0 Å². The van der Waals surface area contributed by atoms with E-state index in [0.29, 0.717) is 30.0 Å². The lowest BCUT2D eigenvalue weighted by Crippen LogP contribution is -2.61. The molecule has 1 saturated heterocycles. The van der Waals surface area contributed by atoms with Crippen molar-refractivity contribution in [3.05, 3.63) is 0 Å². The molecule has 6 unspecified atom stereocenters. The van der Waals surface area contributed by atoms with Crippen LogP contribution in [0.5, 0.6) is 0 Å². The molecule has 1 rings (SSSR count). The van der Waals surface area contributed by atoms with E-state index in [9.17, 15) is 5.11 Å². The van der Waals surface area contributed by atoms with E-state index in [1.54, 1.807) is 0 Å². The molecule has 3 nitrogen and oxygen atoms in total. The third kappa shape index (κ3) is 3.19. The molecule has 0 aliphatic carbocycles. The molecule has 1 heterocycles. The van der Waals surface area contributed by atoms with Gasteiger partial charge in [-0.1, -0.05) is 20.8 Å². The number of piperazine rings is 1. The van der Waals surface area contributed by atoms with Crippen molar-refractivity contribution in [2.75, 3.05) is 6.54 Å². The van der Waals surface area contributed by atoms with Crippen molar-refractivity contribution in [3.63, 3.8) is 0 Å². The number of nitrogens with one attached hydrogen (secondary N) is 2. The molecule has 6 atom stereocenters. The Labute approximate surface area is 100 Å². The summed E-state index contributed by atoms with van der Waals surface area (Å²) in [5.74, 6) is 0.849. The Morgan fingerprint density at radius 3 is 2.38 bits per heavy atom. The third-order valence-corrected chi connectivity index (χ3v) is 4.38. The Morgan fingerprint density at radius 1 is 1.25 bits per heavy atom. The van der Waals surface area contributed by atoms with Crippen molar-refractivity contribution in [2.24, 2.45) is 11.8 Å². The molecule has 1 aliphatic heterocycles. The van der Waals surface area contributed by atoms with E-state index in [1.165, 1.54) is 0 Å². The molecule has 1 fully saturated rings.